The standard InChI is InChI=1S/C24H28FN3O3S/c1-4-27(23(29)21-12-8-9-13-22(21)25)16-20-14-26-24(28(20)15-18(2)3)32(30,31)17-19-10-6-5-7-11-19/h5-14,18H,4,15-17H2,1-3H3. The molecule has 3 aromatic rings. The number of imidazole rings is 1. The second kappa shape index (κ2) is 10.1. The van der Waals surface area contributed by atoms with Crippen LogP contribution in [-0.2, 0) is 28.7 Å². The molecule has 0 spiro atoms. The molecule has 0 aliphatic carbocycles. The SMILES string of the molecule is CCN(Cc1cnc(S(=O)(=O)Cc2ccccc2)n1CC(C)C)C(=O)c1ccccc1F. The van der Waals surface area contributed by atoms with Crippen molar-refractivity contribution >= 4 is 15.7 Å². The molecule has 0 saturated carbocycles. The number of halogens is 1. The second-order valence-electron chi connectivity index (χ2n) is 8.08. The molecule has 0 saturated heterocycles. The zero-order valence-electron chi connectivity index (χ0n) is 18.5. The first-order valence-corrected chi connectivity index (χ1v) is 12.2. The number of hydrogen-bond acceptors (Lipinski definition) is 4. The van der Waals surface area contributed by atoms with Crippen LogP contribution in [0.3, 0.4) is 0 Å². The normalized spacial score (nSPS) is 11.7. The lowest BCUT2D eigenvalue weighted by atomic mass is 10.1. The van der Waals surface area contributed by atoms with E-state index in [1.807, 2.05) is 19.9 Å². The quantitative estimate of drug-likeness (QED) is 0.480. The molecule has 3 rings (SSSR count). The van der Waals surface area contributed by atoms with Gasteiger partial charge in [0.15, 0.2) is 0 Å². The van der Waals surface area contributed by atoms with Gasteiger partial charge in [0.05, 0.1) is 29.8 Å². The maximum absolute atomic E-state index is 14.1. The number of amides is 1. The smallest absolute Gasteiger partial charge is 0.257 e. The van der Waals surface area contributed by atoms with E-state index in [-0.39, 0.29) is 28.9 Å². The number of benzene rings is 2. The maximum Gasteiger partial charge on any atom is 0.257 e. The highest BCUT2D eigenvalue weighted by molar-refractivity contribution is 7.90. The van der Waals surface area contributed by atoms with Gasteiger partial charge in [-0.25, -0.2) is 17.8 Å². The van der Waals surface area contributed by atoms with Crippen LogP contribution in [-0.4, -0.2) is 35.3 Å². The van der Waals surface area contributed by atoms with Crippen molar-refractivity contribution in [1.82, 2.24) is 14.5 Å². The van der Waals surface area contributed by atoms with Crippen LogP contribution in [0.4, 0.5) is 4.39 Å². The number of sulfone groups is 1. The summed E-state index contributed by atoms with van der Waals surface area (Å²) < 4.78 is 42.1. The Bertz CT molecular complexity index is 1170. The molecule has 6 nitrogen and oxygen atoms in total. The first kappa shape index (κ1) is 23.7. The van der Waals surface area contributed by atoms with Crippen molar-refractivity contribution in [2.75, 3.05) is 6.54 Å². The van der Waals surface area contributed by atoms with Gasteiger partial charge in [-0.05, 0) is 30.5 Å². The van der Waals surface area contributed by atoms with E-state index in [9.17, 15) is 17.6 Å². The Morgan fingerprint density at radius 3 is 2.38 bits per heavy atom. The third-order valence-corrected chi connectivity index (χ3v) is 6.65. The molecule has 0 fully saturated rings. The van der Waals surface area contributed by atoms with Gasteiger partial charge in [0.25, 0.3) is 5.91 Å². The van der Waals surface area contributed by atoms with Crippen LogP contribution in [0.2, 0.25) is 0 Å². The minimum Gasteiger partial charge on any atom is -0.333 e. The molecule has 1 aromatic heterocycles. The average molecular weight is 458 g/mol. The van der Waals surface area contributed by atoms with Gasteiger partial charge in [0.1, 0.15) is 5.82 Å². The minimum absolute atomic E-state index is 0.0128. The van der Waals surface area contributed by atoms with E-state index in [1.54, 1.807) is 41.8 Å². The molecular weight excluding hydrogens is 429 g/mol. The van der Waals surface area contributed by atoms with E-state index >= 15 is 0 Å². The Balaban J connectivity index is 1.94. The zero-order valence-corrected chi connectivity index (χ0v) is 19.3. The molecule has 0 atom stereocenters. The van der Waals surface area contributed by atoms with Gasteiger partial charge < -0.3 is 9.47 Å². The predicted molar refractivity (Wildman–Crippen MR) is 121 cm³/mol. The van der Waals surface area contributed by atoms with Crippen molar-refractivity contribution in [3.63, 3.8) is 0 Å². The lowest BCUT2D eigenvalue weighted by Crippen LogP contribution is -2.32. The van der Waals surface area contributed by atoms with Crippen LogP contribution in [0.25, 0.3) is 0 Å². The van der Waals surface area contributed by atoms with Gasteiger partial charge in [0.2, 0.25) is 15.0 Å². The lowest BCUT2D eigenvalue weighted by Gasteiger charge is -2.23. The van der Waals surface area contributed by atoms with Gasteiger partial charge >= 0.3 is 0 Å². The van der Waals surface area contributed by atoms with Crippen LogP contribution in [0.15, 0.2) is 66.0 Å². The number of rotatable bonds is 9. The summed E-state index contributed by atoms with van der Waals surface area (Å²) in [6.45, 7) is 6.67. The number of nitrogens with zero attached hydrogens (tertiary/aromatic N) is 3. The fourth-order valence-corrected chi connectivity index (χ4v) is 5.01. The molecule has 0 unspecified atom stereocenters. The summed E-state index contributed by atoms with van der Waals surface area (Å²) in [7, 11) is -3.70. The van der Waals surface area contributed by atoms with Crippen LogP contribution >= 0.6 is 0 Å². The zero-order chi connectivity index (χ0) is 23.3. The van der Waals surface area contributed by atoms with Crippen molar-refractivity contribution in [3.8, 4) is 0 Å². The molecule has 2 aromatic carbocycles. The lowest BCUT2D eigenvalue weighted by molar-refractivity contribution is 0.0743. The molecular formula is C24H28FN3O3S. The highest BCUT2D eigenvalue weighted by atomic mass is 32.2. The molecule has 8 heteroatoms. The van der Waals surface area contributed by atoms with Crippen molar-refractivity contribution in [2.45, 2.75) is 44.8 Å². The van der Waals surface area contributed by atoms with Crippen molar-refractivity contribution in [3.05, 3.63) is 83.4 Å². The molecule has 0 N–H and O–H groups in total. The van der Waals surface area contributed by atoms with Crippen LogP contribution < -0.4 is 0 Å². The highest BCUT2D eigenvalue weighted by Gasteiger charge is 2.26. The van der Waals surface area contributed by atoms with E-state index < -0.39 is 21.6 Å². The van der Waals surface area contributed by atoms with E-state index in [2.05, 4.69) is 4.98 Å². The number of aromatic nitrogens is 2. The monoisotopic (exact) mass is 457 g/mol. The van der Waals surface area contributed by atoms with Gasteiger partial charge in [-0.1, -0.05) is 56.3 Å². The largest absolute Gasteiger partial charge is 0.333 e. The summed E-state index contributed by atoms with van der Waals surface area (Å²) in [6, 6.07) is 14.8. The van der Waals surface area contributed by atoms with Gasteiger partial charge in [-0.3, -0.25) is 4.79 Å². The third-order valence-electron chi connectivity index (χ3n) is 5.05. The average Bonchev–Trinajstić information content (AvgIpc) is 3.14. The van der Waals surface area contributed by atoms with Crippen molar-refractivity contribution in [1.29, 1.82) is 0 Å². The van der Waals surface area contributed by atoms with Crippen LogP contribution in [0.5, 0.6) is 0 Å². The Hall–Kier alpha value is -3.00. The van der Waals surface area contributed by atoms with E-state index in [1.165, 1.54) is 29.3 Å². The first-order chi connectivity index (χ1) is 15.2. The third kappa shape index (κ3) is 5.43. The maximum atomic E-state index is 14.1. The Morgan fingerprint density at radius 2 is 1.75 bits per heavy atom. The molecule has 0 radical (unpaired) electrons. The van der Waals surface area contributed by atoms with Gasteiger partial charge in [0, 0.05) is 13.1 Å². The summed E-state index contributed by atoms with van der Waals surface area (Å²) in [5.41, 5.74) is 1.26. The fourth-order valence-electron chi connectivity index (χ4n) is 3.51. The van der Waals surface area contributed by atoms with Gasteiger partial charge in [-0.15, -0.1) is 0 Å². The minimum atomic E-state index is -3.70. The molecule has 1 amide bonds. The molecule has 1 heterocycles. The highest BCUT2D eigenvalue weighted by Crippen LogP contribution is 2.21. The Kier molecular flexibility index (Phi) is 7.45. The predicted octanol–water partition coefficient (Wildman–Crippen LogP) is 4.31. The number of hydrogen-bond donors (Lipinski definition) is 0. The molecule has 170 valence electrons. The molecule has 32 heavy (non-hydrogen) atoms. The van der Waals surface area contributed by atoms with E-state index in [0.29, 0.717) is 24.3 Å². The van der Waals surface area contributed by atoms with Crippen molar-refractivity contribution < 1.29 is 17.6 Å². The van der Waals surface area contributed by atoms with E-state index in [4.69, 9.17) is 0 Å². The van der Waals surface area contributed by atoms with Crippen LogP contribution in [0, 0.1) is 11.7 Å². The Morgan fingerprint density at radius 1 is 1.09 bits per heavy atom. The fraction of sp³-hybridized carbons (Fsp3) is 0.333. The van der Waals surface area contributed by atoms with Gasteiger partial charge in [-0.2, -0.15) is 0 Å². The first-order valence-electron chi connectivity index (χ1n) is 10.6. The summed E-state index contributed by atoms with van der Waals surface area (Å²) in [5.74, 6) is -1.03. The topological polar surface area (TPSA) is 72.3 Å². The Labute approximate surface area is 188 Å². The summed E-state index contributed by atoms with van der Waals surface area (Å²) >= 11 is 0. The number of carbonyl (C=O) groups excluding carboxylic acids is 1. The molecule has 0 aliphatic heterocycles. The molecule has 0 bridgehead atoms. The summed E-state index contributed by atoms with van der Waals surface area (Å²) in [4.78, 5) is 18.6. The number of carbonyl (C=O) groups is 1. The van der Waals surface area contributed by atoms with E-state index in [0.717, 1.165) is 0 Å². The molecule has 0 aliphatic rings. The summed E-state index contributed by atoms with van der Waals surface area (Å²) in [5, 5.41) is -0.0144. The summed E-state index contributed by atoms with van der Waals surface area (Å²) in [6.07, 6.45) is 1.50. The van der Waals surface area contributed by atoms with Crippen LogP contribution in [0.1, 0.15) is 42.4 Å². The van der Waals surface area contributed by atoms with Crippen molar-refractivity contribution in [2.24, 2.45) is 5.92 Å². The second-order valence-corrected chi connectivity index (χ2v) is 9.96.